The molecule has 1 aliphatic rings. The van der Waals surface area contributed by atoms with Crippen LogP contribution < -0.4 is 4.90 Å². The number of hydrogen-bond acceptors (Lipinski definition) is 5. The van der Waals surface area contributed by atoms with Crippen molar-refractivity contribution in [2.75, 3.05) is 37.3 Å². The third-order valence-electron chi connectivity index (χ3n) is 6.57. The number of anilines is 1. The summed E-state index contributed by atoms with van der Waals surface area (Å²) in [7, 11) is -1.24. The number of fused-ring (bicyclic) bond motifs is 1. The van der Waals surface area contributed by atoms with Crippen LogP contribution >= 0.6 is 11.6 Å². The molecule has 1 atom stereocenters. The van der Waals surface area contributed by atoms with Gasteiger partial charge in [0.25, 0.3) is 0 Å². The van der Waals surface area contributed by atoms with Gasteiger partial charge in [0.15, 0.2) is 9.84 Å². The van der Waals surface area contributed by atoms with Crippen LogP contribution in [0, 0.1) is 12.8 Å². The Bertz CT molecular complexity index is 1220. The highest BCUT2D eigenvalue weighted by Gasteiger charge is 2.26. The quantitative estimate of drug-likeness (QED) is 0.460. The topological polar surface area (TPSA) is 53.5 Å². The summed E-state index contributed by atoms with van der Waals surface area (Å²) >= 11 is 6.05. The lowest BCUT2D eigenvalue weighted by atomic mass is 10.0. The molecule has 2 heterocycles. The van der Waals surface area contributed by atoms with Crippen LogP contribution in [0.4, 0.5) is 5.69 Å². The van der Waals surface area contributed by atoms with E-state index in [0.29, 0.717) is 16.0 Å². The maximum Gasteiger partial charge on any atom is 0.178 e. The Labute approximate surface area is 202 Å². The molecule has 176 valence electrons. The van der Waals surface area contributed by atoms with Crippen molar-refractivity contribution in [2.45, 2.75) is 37.6 Å². The fraction of sp³-hybridized carbons (Fsp3) is 0.423. The third kappa shape index (κ3) is 5.86. The van der Waals surface area contributed by atoms with E-state index in [1.165, 1.54) is 5.69 Å². The van der Waals surface area contributed by atoms with E-state index in [-0.39, 0.29) is 11.7 Å². The van der Waals surface area contributed by atoms with Crippen LogP contribution in [0.5, 0.6) is 0 Å². The molecule has 1 unspecified atom stereocenters. The maximum absolute atomic E-state index is 13.1. The lowest BCUT2D eigenvalue weighted by Gasteiger charge is -2.38. The fourth-order valence-electron chi connectivity index (χ4n) is 4.84. The molecule has 1 aromatic heterocycles. The summed E-state index contributed by atoms with van der Waals surface area (Å²) in [4.78, 5) is 9.43. The first kappa shape index (κ1) is 24.0. The van der Waals surface area contributed by atoms with Crippen molar-refractivity contribution in [3.63, 3.8) is 0 Å². The molecule has 0 saturated carbocycles. The summed E-state index contributed by atoms with van der Waals surface area (Å²) in [6, 6.07) is 15.5. The van der Waals surface area contributed by atoms with E-state index in [2.05, 4.69) is 34.0 Å². The summed E-state index contributed by atoms with van der Waals surface area (Å²) in [5.41, 5.74) is 2.28. The summed E-state index contributed by atoms with van der Waals surface area (Å²) in [6.07, 6.45) is 4.02. The first-order valence-electron chi connectivity index (χ1n) is 11.5. The number of piperidine rings is 1. The molecule has 0 bridgehead atoms. The van der Waals surface area contributed by atoms with Crippen LogP contribution in [0.2, 0.25) is 5.02 Å². The molecule has 2 aromatic carbocycles. The minimum atomic E-state index is -3.36. The van der Waals surface area contributed by atoms with E-state index >= 15 is 0 Å². The number of sulfone groups is 1. The Hall–Kier alpha value is -2.15. The number of benzene rings is 2. The Balaban J connectivity index is 1.33. The lowest BCUT2D eigenvalue weighted by Crippen LogP contribution is -2.45. The molecule has 1 saturated heterocycles. The minimum absolute atomic E-state index is 0.0433. The van der Waals surface area contributed by atoms with Crippen LogP contribution in [0.15, 0.2) is 59.6 Å². The number of aromatic nitrogens is 1. The predicted molar refractivity (Wildman–Crippen MR) is 137 cm³/mol. The van der Waals surface area contributed by atoms with E-state index in [1.807, 2.05) is 38.2 Å². The van der Waals surface area contributed by atoms with Gasteiger partial charge in [-0.2, -0.15) is 0 Å². The molecule has 1 aliphatic heterocycles. The molecule has 3 aromatic rings. The third-order valence-corrected chi connectivity index (χ3v) is 8.78. The van der Waals surface area contributed by atoms with Crippen LogP contribution in [0.1, 0.15) is 25.5 Å². The first-order chi connectivity index (χ1) is 15.7. The molecule has 4 rings (SSSR count). The van der Waals surface area contributed by atoms with Crippen molar-refractivity contribution < 1.29 is 8.42 Å². The van der Waals surface area contributed by atoms with E-state index in [1.54, 1.807) is 18.2 Å². The number of nitrogens with zero attached hydrogens (tertiary/aromatic N) is 3. The molecule has 0 radical (unpaired) electrons. The second-order valence-electron chi connectivity index (χ2n) is 9.35. The SMILES string of the molecule is Cc1cc(N2CCC(N(C)CC(C)CS(=O)(=O)c3ccc4cc(Cl)ccc4c3)CC2)ccn1. The highest BCUT2D eigenvalue weighted by Crippen LogP contribution is 2.25. The number of rotatable bonds is 7. The zero-order valence-corrected chi connectivity index (χ0v) is 21.1. The van der Waals surface area contributed by atoms with Gasteiger partial charge in [-0.15, -0.1) is 0 Å². The van der Waals surface area contributed by atoms with Gasteiger partial charge in [0.2, 0.25) is 0 Å². The normalized spacial score (nSPS) is 16.5. The molecule has 5 nitrogen and oxygen atoms in total. The predicted octanol–water partition coefficient (Wildman–Crippen LogP) is 5.21. The number of halogens is 1. The van der Waals surface area contributed by atoms with Gasteiger partial charge in [-0.1, -0.05) is 30.7 Å². The van der Waals surface area contributed by atoms with Crippen LogP contribution in [0.3, 0.4) is 0 Å². The Morgan fingerprint density at radius 3 is 2.52 bits per heavy atom. The van der Waals surface area contributed by atoms with Crippen molar-refractivity contribution >= 4 is 37.9 Å². The minimum Gasteiger partial charge on any atom is -0.371 e. The molecular weight excluding hydrogens is 454 g/mol. The number of pyridine rings is 1. The largest absolute Gasteiger partial charge is 0.371 e. The molecule has 1 fully saturated rings. The van der Waals surface area contributed by atoms with E-state index in [0.717, 1.165) is 48.9 Å². The summed E-state index contributed by atoms with van der Waals surface area (Å²) in [5.74, 6) is 0.188. The molecule has 0 amide bonds. The molecule has 33 heavy (non-hydrogen) atoms. The highest BCUT2D eigenvalue weighted by molar-refractivity contribution is 7.91. The highest BCUT2D eigenvalue weighted by atomic mass is 35.5. The van der Waals surface area contributed by atoms with Gasteiger partial charge < -0.3 is 9.80 Å². The monoisotopic (exact) mass is 485 g/mol. The summed E-state index contributed by atoms with van der Waals surface area (Å²) in [6.45, 7) is 6.83. The van der Waals surface area contributed by atoms with Gasteiger partial charge in [0, 0.05) is 48.3 Å². The van der Waals surface area contributed by atoms with Crippen molar-refractivity contribution in [2.24, 2.45) is 5.92 Å². The first-order valence-corrected chi connectivity index (χ1v) is 13.5. The van der Waals surface area contributed by atoms with Crippen molar-refractivity contribution in [1.29, 1.82) is 0 Å². The summed E-state index contributed by atoms with van der Waals surface area (Å²) < 4.78 is 26.2. The standard InChI is InChI=1S/C26H32ClN3O2S/c1-19(18-33(31,32)26-7-5-21-15-23(27)6-4-22(21)16-26)17-29(3)24-9-12-30(13-10-24)25-8-11-28-20(2)14-25/h4-8,11,14-16,19,24H,9-10,12-13,17-18H2,1-3H3. The van der Waals surface area contributed by atoms with Gasteiger partial charge in [-0.3, -0.25) is 4.98 Å². The second kappa shape index (κ2) is 10.00. The smallest absolute Gasteiger partial charge is 0.178 e. The van der Waals surface area contributed by atoms with E-state index in [9.17, 15) is 8.42 Å². The molecule has 7 heteroatoms. The van der Waals surface area contributed by atoms with Gasteiger partial charge in [0.1, 0.15) is 0 Å². The Morgan fingerprint density at radius 1 is 1.09 bits per heavy atom. The molecule has 0 spiro atoms. The zero-order chi connectivity index (χ0) is 23.6. The molecule has 0 N–H and O–H groups in total. The van der Waals surface area contributed by atoms with Gasteiger partial charge in [-0.25, -0.2) is 8.42 Å². The molecule has 0 aliphatic carbocycles. The fourth-order valence-corrected chi connectivity index (χ4v) is 6.65. The van der Waals surface area contributed by atoms with E-state index < -0.39 is 9.84 Å². The van der Waals surface area contributed by atoms with Gasteiger partial charge in [-0.05, 0) is 79.9 Å². The lowest BCUT2D eigenvalue weighted by molar-refractivity contribution is 0.189. The van der Waals surface area contributed by atoms with Crippen molar-refractivity contribution in [3.05, 3.63) is 65.4 Å². The second-order valence-corrected chi connectivity index (χ2v) is 11.8. The average molecular weight is 486 g/mol. The Morgan fingerprint density at radius 2 is 1.79 bits per heavy atom. The van der Waals surface area contributed by atoms with Crippen LogP contribution in [0.25, 0.3) is 10.8 Å². The number of hydrogen-bond donors (Lipinski definition) is 0. The summed E-state index contributed by atoms with van der Waals surface area (Å²) in [5, 5.41) is 2.49. The average Bonchev–Trinajstić information content (AvgIpc) is 2.78. The Kier molecular flexibility index (Phi) is 7.27. The van der Waals surface area contributed by atoms with Gasteiger partial charge >= 0.3 is 0 Å². The maximum atomic E-state index is 13.1. The van der Waals surface area contributed by atoms with E-state index in [4.69, 9.17) is 11.6 Å². The molecular formula is C26H32ClN3O2S. The van der Waals surface area contributed by atoms with Crippen LogP contribution in [-0.4, -0.2) is 56.8 Å². The van der Waals surface area contributed by atoms with Crippen molar-refractivity contribution in [1.82, 2.24) is 9.88 Å². The number of aryl methyl sites for hydroxylation is 1. The van der Waals surface area contributed by atoms with Crippen LogP contribution in [-0.2, 0) is 9.84 Å². The van der Waals surface area contributed by atoms with Gasteiger partial charge in [0.05, 0.1) is 10.6 Å². The van der Waals surface area contributed by atoms with Crippen molar-refractivity contribution in [3.8, 4) is 0 Å². The zero-order valence-electron chi connectivity index (χ0n) is 19.5.